The third-order valence-corrected chi connectivity index (χ3v) is 4.35. The van der Waals surface area contributed by atoms with Crippen LogP contribution in [0.2, 0.25) is 0 Å². The van der Waals surface area contributed by atoms with Crippen LogP contribution in [0.15, 0.2) is 30.3 Å². The molecular weight excluding hydrogens is 288 g/mol. The number of rotatable bonds is 6. The van der Waals surface area contributed by atoms with E-state index in [1.165, 1.54) is 0 Å². The molecule has 1 heterocycles. The van der Waals surface area contributed by atoms with Crippen LogP contribution in [0.4, 0.5) is 4.79 Å². The second-order valence-electron chi connectivity index (χ2n) is 7.03. The van der Waals surface area contributed by atoms with Crippen molar-refractivity contribution < 1.29 is 9.53 Å². The Kier molecular flexibility index (Phi) is 6.90. The lowest BCUT2D eigenvalue weighted by atomic mass is 9.91. The van der Waals surface area contributed by atoms with Crippen molar-refractivity contribution in [1.29, 1.82) is 0 Å². The first-order valence-electron chi connectivity index (χ1n) is 8.76. The Bertz CT molecular complexity index is 476. The maximum atomic E-state index is 12.1. The topological polar surface area (TPSA) is 41.6 Å². The van der Waals surface area contributed by atoms with Crippen LogP contribution in [-0.2, 0) is 11.3 Å². The van der Waals surface area contributed by atoms with Gasteiger partial charge in [-0.1, -0.05) is 57.5 Å². The summed E-state index contributed by atoms with van der Waals surface area (Å²) in [5, 5.41) is 3.05. The SMILES string of the molecule is CCC1CC(NC(=O)OCc2ccccc2)CN(CC(C)C)C1. The lowest BCUT2D eigenvalue weighted by Gasteiger charge is -2.38. The molecule has 1 aromatic rings. The number of piperidine rings is 1. The Labute approximate surface area is 140 Å². The average molecular weight is 318 g/mol. The molecule has 0 spiro atoms. The number of nitrogens with one attached hydrogen (secondary N) is 1. The molecule has 23 heavy (non-hydrogen) atoms. The number of nitrogens with zero attached hydrogens (tertiary/aromatic N) is 1. The predicted octanol–water partition coefficient (Wildman–Crippen LogP) is 3.67. The molecule has 2 unspecified atom stereocenters. The van der Waals surface area contributed by atoms with Crippen molar-refractivity contribution in [1.82, 2.24) is 10.2 Å². The van der Waals surface area contributed by atoms with Crippen molar-refractivity contribution in [2.24, 2.45) is 11.8 Å². The molecule has 1 aliphatic rings. The minimum atomic E-state index is -0.305. The van der Waals surface area contributed by atoms with Gasteiger partial charge in [0.15, 0.2) is 0 Å². The van der Waals surface area contributed by atoms with E-state index in [4.69, 9.17) is 4.74 Å². The van der Waals surface area contributed by atoms with E-state index in [0.717, 1.165) is 38.0 Å². The van der Waals surface area contributed by atoms with E-state index in [0.29, 0.717) is 18.4 Å². The van der Waals surface area contributed by atoms with Gasteiger partial charge in [0, 0.05) is 25.7 Å². The molecule has 2 atom stereocenters. The Balaban J connectivity index is 1.81. The number of ether oxygens (including phenoxy) is 1. The van der Waals surface area contributed by atoms with Gasteiger partial charge in [0.25, 0.3) is 0 Å². The summed E-state index contributed by atoms with van der Waals surface area (Å²) in [4.78, 5) is 14.5. The van der Waals surface area contributed by atoms with E-state index in [9.17, 15) is 4.79 Å². The van der Waals surface area contributed by atoms with Crippen LogP contribution in [0, 0.1) is 11.8 Å². The summed E-state index contributed by atoms with van der Waals surface area (Å²) in [5.41, 5.74) is 1.01. The molecule has 1 aromatic carbocycles. The van der Waals surface area contributed by atoms with E-state index >= 15 is 0 Å². The Morgan fingerprint density at radius 3 is 2.70 bits per heavy atom. The van der Waals surface area contributed by atoms with Gasteiger partial charge in [0.2, 0.25) is 0 Å². The van der Waals surface area contributed by atoms with Gasteiger partial charge in [-0.05, 0) is 23.8 Å². The molecule has 0 radical (unpaired) electrons. The van der Waals surface area contributed by atoms with Crippen molar-refractivity contribution in [2.75, 3.05) is 19.6 Å². The van der Waals surface area contributed by atoms with E-state index in [2.05, 4.69) is 31.0 Å². The quantitative estimate of drug-likeness (QED) is 0.870. The van der Waals surface area contributed by atoms with Crippen LogP contribution in [0.25, 0.3) is 0 Å². The minimum absolute atomic E-state index is 0.190. The smallest absolute Gasteiger partial charge is 0.407 e. The fourth-order valence-electron chi connectivity index (χ4n) is 3.30. The molecule has 1 amide bonds. The van der Waals surface area contributed by atoms with Crippen molar-refractivity contribution in [3.8, 4) is 0 Å². The fourth-order valence-corrected chi connectivity index (χ4v) is 3.30. The molecule has 1 N–H and O–H groups in total. The normalized spacial score (nSPS) is 22.1. The highest BCUT2D eigenvalue weighted by atomic mass is 16.5. The van der Waals surface area contributed by atoms with Gasteiger partial charge in [-0.3, -0.25) is 0 Å². The third-order valence-electron chi connectivity index (χ3n) is 4.35. The molecule has 1 aliphatic heterocycles. The van der Waals surface area contributed by atoms with Gasteiger partial charge in [-0.25, -0.2) is 4.79 Å². The highest BCUT2D eigenvalue weighted by Gasteiger charge is 2.27. The van der Waals surface area contributed by atoms with Crippen LogP contribution < -0.4 is 5.32 Å². The molecule has 0 saturated carbocycles. The van der Waals surface area contributed by atoms with Crippen LogP contribution >= 0.6 is 0 Å². The summed E-state index contributed by atoms with van der Waals surface area (Å²) in [7, 11) is 0. The number of carbonyl (C=O) groups excluding carboxylic acids is 1. The second kappa shape index (κ2) is 8.92. The van der Waals surface area contributed by atoms with Crippen LogP contribution in [0.5, 0.6) is 0 Å². The first kappa shape index (κ1) is 17.8. The van der Waals surface area contributed by atoms with Crippen LogP contribution in [0.1, 0.15) is 39.2 Å². The summed E-state index contributed by atoms with van der Waals surface area (Å²) >= 11 is 0. The number of alkyl carbamates (subject to hydrolysis) is 1. The monoisotopic (exact) mass is 318 g/mol. The van der Waals surface area contributed by atoms with E-state index in [1.54, 1.807) is 0 Å². The summed E-state index contributed by atoms with van der Waals surface area (Å²) in [6, 6.07) is 9.98. The summed E-state index contributed by atoms with van der Waals surface area (Å²) in [5.74, 6) is 1.30. The molecular formula is C19H30N2O2. The molecule has 1 fully saturated rings. The van der Waals surface area contributed by atoms with Crippen molar-refractivity contribution in [3.63, 3.8) is 0 Å². The zero-order chi connectivity index (χ0) is 16.7. The molecule has 1 saturated heterocycles. The van der Waals surface area contributed by atoms with Crippen molar-refractivity contribution in [3.05, 3.63) is 35.9 Å². The summed E-state index contributed by atoms with van der Waals surface area (Å²) in [6.45, 7) is 10.2. The van der Waals surface area contributed by atoms with Crippen molar-refractivity contribution in [2.45, 2.75) is 46.3 Å². The molecule has 4 heteroatoms. The first-order valence-corrected chi connectivity index (χ1v) is 8.76. The maximum Gasteiger partial charge on any atom is 0.407 e. The van der Waals surface area contributed by atoms with E-state index in [-0.39, 0.29) is 12.1 Å². The second-order valence-corrected chi connectivity index (χ2v) is 7.03. The van der Waals surface area contributed by atoms with Gasteiger partial charge in [0.1, 0.15) is 6.61 Å². The summed E-state index contributed by atoms with van der Waals surface area (Å²) in [6.07, 6.45) is 1.90. The lowest BCUT2D eigenvalue weighted by Crippen LogP contribution is -2.51. The van der Waals surface area contributed by atoms with Gasteiger partial charge < -0.3 is 15.0 Å². The molecule has 0 aromatic heterocycles. The number of benzene rings is 1. The maximum absolute atomic E-state index is 12.1. The van der Waals surface area contributed by atoms with Gasteiger partial charge in [-0.15, -0.1) is 0 Å². The number of amides is 1. The predicted molar refractivity (Wildman–Crippen MR) is 93.2 cm³/mol. The Morgan fingerprint density at radius 1 is 1.30 bits per heavy atom. The molecule has 128 valence electrons. The highest BCUT2D eigenvalue weighted by molar-refractivity contribution is 5.67. The van der Waals surface area contributed by atoms with E-state index in [1.807, 2.05) is 30.3 Å². The zero-order valence-electron chi connectivity index (χ0n) is 14.6. The van der Waals surface area contributed by atoms with E-state index < -0.39 is 0 Å². The molecule has 2 rings (SSSR count). The number of carbonyl (C=O) groups is 1. The fraction of sp³-hybridized carbons (Fsp3) is 0.632. The first-order chi connectivity index (χ1) is 11.1. The third kappa shape index (κ3) is 6.22. The molecule has 0 bridgehead atoms. The summed E-state index contributed by atoms with van der Waals surface area (Å²) < 4.78 is 5.35. The van der Waals surface area contributed by atoms with Gasteiger partial charge in [-0.2, -0.15) is 0 Å². The minimum Gasteiger partial charge on any atom is -0.445 e. The highest BCUT2D eigenvalue weighted by Crippen LogP contribution is 2.20. The van der Waals surface area contributed by atoms with Gasteiger partial charge in [0.05, 0.1) is 0 Å². The largest absolute Gasteiger partial charge is 0.445 e. The number of hydrogen-bond donors (Lipinski definition) is 1. The Hall–Kier alpha value is -1.55. The average Bonchev–Trinajstić information content (AvgIpc) is 2.53. The van der Waals surface area contributed by atoms with Crippen LogP contribution in [0.3, 0.4) is 0 Å². The Morgan fingerprint density at radius 2 is 2.04 bits per heavy atom. The standard InChI is InChI=1S/C19H30N2O2/c1-4-16-10-18(13-21(12-16)11-15(2)3)20-19(22)23-14-17-8-6-5-7-9-17/h5-9,15-16,18H,4,10-14H2,1-3H3,(H,20,22). The zero-order valence-corrected chi connectivity index (χ0v) is 14.6. The number of likely N-dealkylation sites (tertiary alicyclic amines) is 1. The lowest BCUT2D eigenvalue weighted by molar-refractivity contribution is 0.104. The molecule has 4 nitrogen and oxygen atoms in total. The molecule has 0 aliphatic carbocycles. The van der Waals surface area contributed by atoms with Gasteiger partial charge >= 0.3 is 6.09 Å². The van der Waals surface area contributed by atoms with Crippen molar-refractivity contribution >= 4 is 6.09 Å². The number of hydrogen-bond acceptors (Lipinski definition) is 3. The van der Waals surface area contributed by atoms with Crippen LogP contribution in [-0.4, -0.2) is 36.7 Å².